The monoisotopic (exact) mass is 258 g/mol. The van der Waals surface area contributed by atoms with Crippen molar-refractivity contribution >= 4 is 16.8 Å². The van der Waals surface area contributed by atoms with Gasteiger partial charge < -0.3 is 11.1 Å². The smallest absolute Gasteiger partial charge is 0.272 e. The highest BCUT2D eigenvalue weighted by Gasteiger charge is 2.25. The SMILES string of the molecule is N[C@@H]1CCCC[C@H]1NC(=O)c1n[nH]c2ccccc12. The van der Waals surface area contributed by atoms with Gasteiger partial charge in [-0.25, -0.2) is 0 Å². The molecule has 5 nitrogen and oxygen atoms in total. The third kappa shape index (κ3) is 2.33. The van der Waals surface area contributed by atoms with Crippen LogP contribution in [0, 0.1) is 0 Å². The molecule has 1 heterocycles. The van der Waals surface area contributed by atoms with Gasteiger partial charge in [0.25, 0.3) is 5.91 Å². The Labute approximate surface area is 111 Å². The Bertz CT molecular complexity index is 592. The van der Waals surface area contributed by atoms with Gasteiger partial charge in [-0.1, -0.05) is 31.0 Å². The van der Waals surface area contributed by atoms with Crippen LogP contribution in [0.25, 0.3) is 10.9 Å². The number of aromatic amines is 1. The highest BCUT2D eigenvalue weighted by Crippen LogP contribution is 2.19. The number of amides is 1. The van der Waals surface area contributed by atoms with Crippen molar-refractivity contribution in [3.63, 3.8) is 0 Å². The summed E-state index contributed by atoms with van der Waals surface area (Å²) < 4.78 is 0. The molecule has 2 atom stereocenters. The first-order chi connectivity index (χ1) is 9.25. The molecule has 1 aliphatic rings. The summed E-state index contributed by atoms with van der Waals surface area (Å²) in [5.74, 6) is -0.139. The molecular formula is C14H18N4O. The quantitative estimate of drug-likeness (QED) is 0.764. The number of fused-ring (bicyclic) bond motifs is 1. The van der Waals surface area contributed by atoms with Gasteiger partial charge in [-0.15, -0.1) is 0 Å². The molecule has 1 amide bonds. The summed E-state index contributed by atoms with van der Waals surface area (Å²) in [6, 6.07) is 7.75. The molecule has 2 aromatic rings. The summed E-state index contributed by atoms with van der Waals surface area (Å²) in [5.41, 5.74) is 7.38. The Morgan fingerprint density at radius 3 is 2.95 bits per heavy atom. The molecule has 1 aliphatic carbocycles. The van der Waals surface area contributed by atoms with E-state index in [2.05, 4.69) is 15.5 Å². The highest BCUT2D eigenvalue weighted by molar-refractivity contribution is 6.04. The number of carbonyl (C=O) groups is 1. The molecule has 0 saturated heterocycles. The number of aromatic nitrogens is 2. The molecule has 100 valence electrons. The second kappa shape index (κ2) is 5.01. The zero-order chi connectivity index (χ0) is 13.2. The summed E-state index contributed by atoms with van der Waals surface area (Å²) in [5, 5.41) is 10.9. The van der Waals surface area contributed by atoms with Crippen LogP contribution in [0.1, 0.15) is 36.2 Å². The molecule has 0 bridgehead atoms. The van der Waals surface area contributed by atoms with Gasteiger partial charge >= 0.3 is 0 Å². The summed E-state index contributed by atoms with van der Waals surface area (Å²) in [6.07, 6.45) is 4.21. The first kappa shape index (κ1) is 12.2. The van der Waals surface area contributed by atoms with E-state index in [-0.39, 0.29) is 18.0 Å². The van der Waals surface area contributed by atoms with Crippen molar-refractivity contribution in [2.45, 2.75) is 37.8 Å². The van der Waals surface area contributed by atoms with Gasteiger partial charge in [0.1, 0.15) is 0 Å². The second-order valence-electron chi connectivity index (χ2n) is 5.15. The minimum absolute atomic E-state index is 0.0582. The zero-order valence-electron chi connectivity index (χ0n) is 10.7. The predicted molar refractivity (Wildman–Crippen MR) is 73.8 cm³/mol. The van der Waals surface area contributed by atoms with E-state index < -0.39 is 0 Å². The minimum atomic E-state index is -0.139. The van der Waals surface area contributed by atoms with Crippen molar-refractivity contribution < 1.29 is 4.79 Å². The lowest BCUT2D eigenvalue weighted by Crippen LogP contribution is -2.49. The normalized spacial score (nSPS) is 23.4. The van der Waals surface area contributed by atoms with E-state index in [1.165, 1.54) is 0 Å². The number of hydrogen-bond donors (Lipinski definition) is 3. The Morgan fingerprint density at radius 2 is 2.11 bits per heavy atom. The number of rotatable bonds is 2. The molecule has 0 aliphatic heterocycles. The number of benzene rings is 1. The van der Waals surface area contributed by atoms with Crippen molar-refractivity contribution in [3.8, 4) is 0 Å². The van der Waals surface area contributed by atoms with Crippen LogP contribution < -0.4 is 11.1 Å². The fourth-order valence-electron chi connectivity index (χ4n) is 2.71. The van der Waals surface area contributed by atoms with Gasteiger partial charge in [0.15, 0.2) is 5.69 Å². The van der Waals surface area contributed by atoms with E-state index in [1.807, 2.05) is 24.3 Å². The minimum Gasteiger partial charge on any atom is -0.346 e. The maximum atomic E-state index is 12.3. The van der Waals surface area contributed by atoms with Crippen LogP contribution in [-0.2, 0) is 0 Å². The van der Waals surface area contributed by atoms with Crippen LogP contribution >= 0.6 is 0 Å². The van der Waals surface area contributed by atoms with Gasteiger partial charge in [-0.2, -0.15) is 5.10 Å². The lowest BCUT2D eigenvalue weighted by molar-refractivity contribution is 0.0918. The Kier molecular flexibility index (Phi) is 3.21. The average Bonchev–Trinajstić information content (AvgIpc) is 2.85. The van der Waals surface area contributed by atoms with Crippen molar-refractivity contribution in [3.05, 3.63) is 30.0 Å². The first-order valence-corrected chi connectivity index (χ1v) is 6.75. The first-order valence-electron chi connectivity index (χ1n) is 6.75. The summed E-state index contributed by atoms with van der Waals surface area (Å²) >= 11 is 0. The zero-order valence-corrected chi connectivity index (χ0v) is 10.7. The lowest BCUT2D eigenvalue weighted by Gasteiger charge is -2.29. The topological polar surface area (TPSA) is 83.8 Å². The number of H-pyrrole nitrogens is 1. The van der Waals surface area contributed by atoms with Crippen molar-refractivity contribution in [1.29, 1.82) is 0 Å². The predicted octanol–water partition coefficient (Wildman–Crippen LogP) is 1.56. The van der Waals surface area contributed by atoms with E-state index in [4.69, 9.17) is 5.73 Å². The van der Waals surface area contributed by atoms with Crippen LogP contribution in [-0.4, -0.2) is 28.2 Å². The molecule has 1 aromatic heterocycles. The van der Waals surface area contributed by atoms with E-state index >= 15 is 0 Å². The fourth-order valence-corrected chi connectivity index (χ4v) is 2.71. The Morgan fingerprint density at radius 1 is 1.32 bits per heavy atom. The molecule has 1 fully saturated rings. The third-order valence-corrected chi connectivity index (χ3v) is 3.82. The Balaban J connectivity index is 1.80. The number of nitrogens with zero attached hydrogens (tertiary/aromatic N) is 1. The number of para-hydroxylation sites is 1. The highest BCUT2D eigenvalue weighted by atomic mass is 16.2. The fraction of sp³-hybridized carbons (Fsp3) is 0.429. The molecule has 1 aromatic carbocycles. The third-order valence-electron chi connectivity index (χ3n) is 3.82. The maximum absolute atomic E-state index is 12.3. The summed E-state index contributed by atoms with van der Waals surface area (Å²) in [4.78, 5) is 12.3. The maximum Gasteiger partial charge on any atom is 0.272 e. The van der Waals surface area contributed by atoms with E-state index in [9.17, 15) is 4.79 Å². The largest absolute Gasteiger partial charge is 0.346 e. The number of nitrogens with two attached hydrogens (primary N) is 1. The van der Waals surface area contributed by atoms with Crippen LogP contribution in [0.2, 0.25) is 0 Å². The van der Waals surface area contributed by atoms with Crippen molar-refractivity contribution in [2.24, 2.45) is 5.73 Å². The molecule has 3 rings (SSSR count). The molecule has 0 unspecified atom stereocenters. The van der Waals surface area contributed by atoms with E-state index in [0.29, 0.717) is 5.69 Å². The van der Waals surface area contributed by atoms with Crippen LogP contribution in [0.3, 0.4) is 0 Å². The molecule has 19 heavy (non-hydrogen) atoms. The van der Waals surface area contributed by atoms with Gasteiger partial charge in [-0.3, -0.25) is 9.89 Å². The molecule has 1 saturated carbocycles. The van der Waals surface area contributed by atoms with Crippen molar-refractivity contribution in [1.82, 2.24) is 15.5 Å². The molecule has 0 spiro atoms. The molecule has 0 radical (unpaired) electrons. The molecule has 4 N–H and O–H groups in total. The van der Waals surface area contributed by atoms with E-state index in [0.717, 1.165) is 36.6 Å². The van der Waals surface area contributed by atoms with Gasteiger partial charge in [0.05, 0.1) is 5.52 Å². The standard InChI is InChI=1S/C14H18N4O/c15-10-6-2-4-8-12(10)16-14(19)13-9-5-1-3-7-11(9)17-18-13/h1,3,5,7,10,12H,2,4,6,8,15H2,(H,16,19)(H,17,18)/t10-,12-/m1/s1. The average molecular weight is 258 g/mol. The van der Waals surface area contributed by atoms with Crippen molar-refractivity contribution in [2.75, 3.05) is 0 Å². The number of hydrogen-bond acceptors (Lipinski definition) is 3. The van der Waals surface area contributed by atoms with Crippen LogP contribution in [0.4, 0.5) is 0 Å². The van der Waals surface area contributed by atoms with Gasteiger partial charge in [0.2, 0.25) is 0 Å². The molecule has 5 heteroatoms. The van der Waals surface area contributed by atoms with Gasteiger partial charge in [-0.05, 0) is 18.9 Å². The number of carbonyl (C=O) groups excluding carboxylic acids is 1. The summed E-state index contributed by atoms with van der Waals surface area (Å²) in [6.45, 7) is 0. The van der Waals surface area contributed by atoms with Crippen LogP contribution in [0.5, 0.6) is 0 Å². The second-order valence-corrected chi connectivity index (χ2v) is 5.15. The van der Waals surface area contributed by atoms with E-state index in [1.54, 1.807) is 0 Å². The van der Waals surface area contributed by atoms with Gasteiger partial charge in [0, 0.05) is 17.5 Å². The summed E-state index contributed by atoms with van der Waals surface area (Å²) in [7, 11) is 0. The number of nitrogens with one attached hydrogen (secondary N) is 2. The Hall–Kier alpha value is -1.88. The van der Waals surface area contributed by atoms with Crippen LogP contribution in [0.15, 0.2) is 24.3 Å². The lowest BCUT2D eigenvalue weighted by atomic mass is 9.91. The molecular weight excluding hydrogens is 240 g/mol.